The Hall–Kier alpha value is -2.36. The van der Waals surface area contributed by atoms with Gasteiger partial charge in [0.05, 0.1) is 6.26 Å². The highest BCUT2D eigenvalue weighted by molar-refractivity contribution is 14.1. The van der Waals surface area contributed by atoms with Gasteiger partial charge in [-0.3, -0.25) is 4.79 Å². The summed E-state index contributed by atoms with van der Waals surface area (Å²) in [6, 6.07) is 8.83. The Kier molecular flexibility index (Phi) is 4.33. The van der Waals surface area contributed by atoms with Crippen molar-refractivity contribution in [2.45, 2.75) is 13.5 Å². The van der Waals surface area contributed by atoms with Crippen LogP contribution in [0.4, 0.5) is 5.69 Å². The molecule has 8 heteroatoms. The number of hydrogen-bond acceptors (Lipinski definition) is 5. The molecule has 3 rings (SSSR count). The van der Waals surface area contributed by atoms with E-state index in [1.807, 2.05) is 19.1 Å². The molecule has 118 valence electrons. The summed E-state index contributed by atoms with van der Waals surface area (Å²) in [4.78, 5) is 23.8. The first-order valence-electron chi connectivity index (χ1n) is 6.71. The fraction of sp³-hybridized carbons (Fsp3) is 0.133. The molecule has 3 aromatic rings. The van der Waals surface area contributed by atoms with Crippen molar-refractivity contribution >= 4 is 34.2 Å². The highest BCUT2D eigenvalue weighted by Crippen LogP contribution is 2.17. The second kappa shape index (κ2) is 6.41. The van der Waals surface area contributed by atoms with E-state index in [-0.39, 0.29) is 18.3 Å². The van der Waals surface area contributed by atoms with E-state index in [1.165, 1.54) is 6.26 Å². The van der Waals surface area contributed by atoms with E-state index < -0.39 is 5.76 Å². The van der Waals surface area contributed by atoms with E-state index in [1.54, 1.807) is 18.2 Å². The molecule has 0 saturated carbocycles. The third-order valence-corrected chi connectivity index (χ3v) is 4.25. The van der Waals surface area contributed by atoms with Gasteiger partial charge in [0, 0.05) is 9.26 Å². The zero-order valence-electron chi connectivity index (χ0n) is 12.1. The first-order chi connectivity index (χ1) is 11.0. The Morgan fingerprint density at radius 3 is 2.91 bits per heavy atom. The predicted octanol–water partition coefficient (Wildman–Crippen LogP) is 2.65. The first kappa shape index (κ1) is 15.5. The lowest BCUT2D eigenvalue weighted by Crippen LogP contribution is -2.25. The minimum Gasteiger partial charge on any atom is -0.459 e. The van der Waals surface area contributed by atoms with Gasteiger partial charge in [-0.25, -0.2) is 4.79 Å². The van der Waals surface area contributed by atoms with Crippen molar-refractivity contribution in [2.75, 3.05) is 5.32 Å². The summed E-state index contributed by atoms with van der Waals surface area (Å²) in [5.41, 5.74) is 1.78. The minimum absolute atomic E-state index is 0.0395. The Balaban J connectivity index is 1.73. The molecule has 0 spiro atoms. The van der Waals surface area contributed by atoms with Crippen LogP contribution in [0.5, 0.6) is 0 Å². The summed E-state index contributed by atoms with van der Waals surface area (Å²) < 4.78 is 12.1. The number of amides is 1. The zero-order chi connectivity index (χ0) is 16.4. The minimum atomic E-state index is -0.718. The maximum atomic E-state index is 12.0. The number of nitrogens with zero attached hydrogens (tertiary/aromatic N) is 2. The molecular formula is C15H12IN3O4. The molecule has 0 aliphatic carbocycles. The van der Waals surface area contributed by atoms with Crippen molar-refractivity contribution in [3.8, 4) is 11.7 Å². The van der Waals surface area contributed by atoms with Crippen LogP contribution in [0.25, 0.3) is 11.7 Å². The van der Waals surface area contributed by atoms with E-state index in [9.17, 15) is 9.59 Å². The van der Waals surface area contributed by atoms with E-state index in [0.717, 1.165) is 13.8 Å². The van der Waals surface area contributed by atoms with Crippen LogP contribution in [-0.2, 0) is 11.3 Å². The van der Waals surface area contributed by atoms with E-state index in [2.05, 4.69) is 33.0 Å². The third kappa shape index (κ3) is 3.52. The Morgan fingerprint density at radius 1 is 1.39 bits per heavy atom. The van der Waals surface area contributed by atoms with Crippen molar-refractivity contribution in [3.05, 3.63) is 56.3 Å². The average Bonchev–Trinajstić information content (AvgIpc) is 3.13. The molecule has 0 bridgehead atoms. The van der Waals surface area contributed by atoms with Crippen molar-refractivity contribution in [3.63, 3.8) is 0 Å². The number of rotatable bonds is 4. The highest BCUT2D eigenvalue weighted by Gasteiger charge is 2.15. The average molecular weight is 425 g/mol. The second-order valence-corrected chi connectivity index (χ2v) is 5.98. The van der Waals surface area contributed by atoms with Crippen molar-refractivity contribution in [1.29, 1.82) is 0 Å². The van der Waals surface area contributed by atoms with Crippen molar-refractivity contribution in [2.24, 2.45) is 0 Å². The molecule has 2 aromatic heterocycles. The summed E-state index contributed by atoms with van der Waals surface area (Å²) in [6.07, 6.45) is 1.44. The largest absolute Gasteiger partial charge is 0.459 e. The maximum absolute atomic E-state index is 12.0. The Bertz CT molecular complexity index is 896. The normalized spacial score (nSPS) is 10.7. The SMILES string of the molecule is Cc1ccc(NC(=O)Cn2nc(-c3ccco3)oc2=O)cc1I. The van der Waals surface area contributed by atoms with E-state index >= 15 is 0 Å². The highest BCUT2D eigenvalue weighted by atomic mass is 127. The molecular weight excluding hydrogens is 413 g/mol. The Labute approximate surface area is 144 Å². The number of aromatic nitrogens is 2. The van der Waals surface area contributed by atoms with Crippen LogP contribution in [0.15, 0.2) is 50.2 Å². The van der Waals surface area contributed by atoms with Crippen LogP contribution in [0.3, 0.4) is 0 Å². The fourth-order valence-corrected chi connectivity index (χ4v) is 2.43. The van der Waals surface area contributed by atoms with Crippen LogP contribution in [0, 0.1) is 10.5 Å². The number of hydrogen-bond donors (Lipinski definition) is 1. The lowest BCUT2D eigenvalue weighted by atomic mass is 10.2. The van der Waals surface area contributed by atoms with Gasteiger partial charge in [-0.05, 0) is 59.3 Å². The standard InChI is InChI=1S/C15H12IN3O4/c1-9-4-5-10(7-11(9)16)17-13(20)8-19-15(21)23-14(18-19)12-3-2-6-22-12/h2-7H,8H2,1H3,(H,17,20). The van der Waals surface area contributed by atoms with Crippen LogP contribution < -0.4 is 11.1 Å². The number of anilines is 1. The van der Waals surface area contributed by atoms with Gasteiger partial charge in [0.25, 0.3) is 5.89 Å². The summed E-state index contributed by atoms with van der Waals surface area (Å²) >= 11 is 2.19. The number of carbonyl (C=O) groups excluding carboxylic acids is 1. The number of aryl methyl sites for hydroxylation is 1. The predicted molar refractivity (Wildman–Crippen MR) is 91.0 cm³/mol. The molecule has 1 amide bonds. The van der Waals surface area contributed by atoms with Gasteiger partial charge in [0.1, 0.15) is 6.54 Å². The van der Waals surface area contributed by atoms with E-state index in [4.69, 9.17) is 8.83 Å². The fourth-order valence-electron chi connectivity index (χ4n) is 1.91. The van der Waals surface area contributed by atoms with Crippen LogP contribution in [0.1, 0.15) is 5.56 Å². The lowest BCUT2D eigenvalue weighted by molar-refractivity contribution is -0.117. The van der Waals surface area contributed by atoms with Gasteiger partial charge < -0.3 is 14.2 Å². The number of carbonyl (C=O) groups is 1. The molecule has 0 saturated heterocycles. The lowest BCUT2D eigenvalue weighted by Gasteiger charge is -2.06. The van der Waals surface area contributed by atoms with Gasteiger partial charge in [-0.15, -0.1) is 5.10 Å². The number of benzene rings is 1. The van der Waals surface area contributed by atoms with Crippen LogP contribution in [0.2, 0.25) is 0 Å². The number of halogens is 1. The number of nitrogens with one attached hydrogen (secondary N) is 1. The van der Waals surface area contributed by atoms with Crippen LogP contribution in [-0.4, -0.2) is 15.7 Å². The molecule has 0 aliphatic rings. The molecule has 0 radical (unpaired) electrons. The Morgan fingerprint density at radius 2 is 2.22 bits per heavy atom. The molecule has 2 heterocycles. The molecule has 23 heavy (non-hydrogen) atoms. The number of furan rings is 1. The molecule has 1 aromatic carbocycles. The zero-order valence-corrected chi connectivity index (χ0v) is 14.2. The maximum Gasteiger partial charge on any atom is 0.437 e. The van der Waals surface area contributed by atoms with Crippen LogP contribution >= 0.6 is 22.6 Å². The first-order valence-corrected chi connectivity index (χ1v) is 7.78. The van der Waals surface area contributed by atoms with Gasteiger partial charge in [0.15, 0.2) is 5.76 Å². The monoisotopic (exact) mass is 425 g/mol. The summed E-state index contributed by atoms with van der Waals surface area (Å²) in [5.74, 6) is -0.719. The van der Waals surface area contributed by atoms with Gasteiger partial charge in [0.2, 0.25) is 5.91 Å². The summed E-state index contributed by atoms with van der Waals surface area (Å²) in [7, 11) is 0. The molecule has 0 atom stereocenters. The molecule has 0 fully saturated rings. The molecule has 1 N–H and O–H groups in total. The van der Waals surface area contributed by atoms with Crippen molar-refractivity contribution in [1.82, 2.24) is 9.78 Å². The summed E-state index contributed by atoms with van der Waals surface area (Å²) in [5, 5.41) is 6.67. The van der Waals surface area contributed by atoms with E-state index in [0.29, 0.717) is 11.4 Å². The molecule has 0 aliphatic heterocycles. The topological polar surface area (TPSA) is 90.3 Å². The van der Waals surface area contributed by atoms with Gasteiger partial charge in [-0.1, -0.05) is 6.07 Å². The summed E-state index contributed by atoms with van der Waals surface area (Å²) in [6.45, 7) is 1.74. The third-order valence-electron chi connectivity index (χ3n) is 3.09. The quantitative estimate of drug-likeness (QED) is 0.650. The molecule has 7 nitrogen and oxygen atoms in total. The van der Waals surface area contributed by atoms with Gasteiger partial charge in [-0.2, -0.15) is 4.68 Å². The smallest absolute Gasteiger partial charge is 0.437 e. The van der Waals surface area contributed by atoms with Crippen molar-refractivity contribution < 1.29 is 13.6 Å². The second-order valence-electron chi connectivity index (χ2n) is 4.82. The van der Waals surface area contributed by atoms with Gasteiger partial charge >= 0.3 is 5.76 Å². The molecule has 0 unspecified atom stereocenters.